The van der Waals surface area contributed by atoms with Crippen LogP contribution in [0.3, 0.4) is 0 Å². The Hall–Kier alpha value is -1.87. The molecule has 2 N–H and O–H groups in total. The largest absolute Gasteiger partial charge is 0.393 e. The average molecular weight is 550 g/mol. The molecule has 1 saturated heterocycles. The highest BCUT2D eigenvalue weighted by atomic mass is 19.3. The van der Waals surface area contributed by atoms with E-state index in [-0.39, 0.29) is 23.7 Å². The first-order chi connectivity index (χ1) is 18.5. The molecule has 2 heterocycles. The van der Waals surface area contributed by atoms with E-state index in [0.717, 1.165) is 84.0 Å². The molecule has 0 radical (unpaired) electrons. The second-order valence-corrected chi connectivity index (χ2v) is 13.3. The van der Waals surface area contributed by atoms with Gasteiger partial charge in [0, 0.05) is 49.6 Å². The summed E-state index contributed by atoms with van der Waals surface area (Å²) in [5, 5.41) is 13.0. The van der Waals surface area contributed by atoms with Crippen molar-refractivity contribution in [2.24, 2.45) is 11.8 Å². The van der Waals surface area contributed by atoms with E-state index in [9.17, 15) is 18.7 Å². The minimum absolute atomic E-state index is 0.173. The van der Waals surface area contributed by atoms with E-state index < -0.39 is 11.8 Å². The number of aliphatic hydroxyl groups excluding tert-OH is 1. The third-order valence-corrected chi connectivity index (χ3v) is 8.99. The van der Waals surface area contributed by atoms with Crippen molar-refractivity contribution in [1.82, 2.24) is 20.2 Å². The number of nitrogens with zero attached hydrogens (tertiary/aromatic N) is 4. The molecule has 0 spiro atoms. The van der Waals surface area contributed by atoms with E-state index in [0.29, 0.717) is 35.9 Å². The zero-order valence-corrected chi connectivity index (χ0v) is 24.3. The smallest absolute Gasteiger partial charge is 0.280 e. The van der Waals surface area contributed by atoms with E-state index in [1.165, 1.54) is 6.07 Å². The Balaban J connectivity index is 1.19. The summed E-state index contributed by atoms with van der Waals surface area (Å²) < 4.78 is 27.1. The Bertz CT molecular complexity index is 940. The average Bonchev–Trinajstić information content (AvgIpc) is 2.89. The van der Waals surface area contributed by atoms with Gasteiger partial charge in [0.2, 0.25) is 5.91 Å². The van der Waals surface area contributed by atoms with Crippen molar-refractivity contribution in [3.63, 3.8) is 0 Å². The highest BCUT2D eigenvalue weighted by Crippen LogP contribution is 2.31. The van der Waals surface area contributed by atoms with Gasteiger partial charge in [0.1, 0.15) is 17.3 Å². The fourth-order valence-electron chi connectivity index (χ4n) is 6.48. The van der Waals surface area contributed by atoms with Crippen LogP contribution in [0.15, 0.2) is 6.07 Å². The van der Waals surface area contributed by atoms with Crippen LogP contribution in [0.25, 0.3) is 0 Å². The van der Waals surface area contributed by atoms with Crippen molar-refractivity contribution in [3.05, 3.63) is 17.6 Å². The van der Waals surface area contributed by atoms with Gasteiger partial charge in [-0.1, -0.05) is 20.8 Å². The molecule has 1 aromatic heterocycles. The van der Waals surface area contributed by atoms with Gasteiger partial charge >= 0.3 is 0 Å². The molecule has 0 bridgehead atoms. The molecule has 3 aliphatic rings. The molecular weight excluding hydrogens is 500 g/mol. The van der Waals surface area contributed by atoms with Gasteiger partial charge in [0.25, 0.3) is 6.43 Å². The van der Waals surface area contributed by atoms with Crippen LogP contribution < -0.4 is 10.2 Å². The number of aliphatic hydroxyl groups is 1. The summed E-state index contributed by atoms with van der Waals surface area (Å²) in [6.45, 7) is 11.6. The van der Waals surface area contributed by atoms with Gasteiger partial charge in [-0.2, -0.15) is 0 Å². The molecule has 39 heavy (non-hydrogen) atoms. The molecule has 220 valence electrons. The molecule has 3 fully saturated rings. The van der Waals surface area contributed by atoms with Gasteiger partial charge in [-0.25, -0.2) is 18.7 Å². The lowest BCUT2D eigenvalue weighted by atomic mass is 9.83. The fraction of sp³-hybridized carbons (Fsp3) is 0.833. The number of anilines is 1. The normalized spacial score (nSPS) is 29.0. The first-order valence-corrected chi connectivity index (χ1v) is 15.1. The number of piperazine rings is 1. The number of hydrogen-bond acceptors (Lipinski definition) is 6. The number of hydrogen-bond donors (Lipinski definition) is 2. The Morgan fingerprint density at radius 1 is 1.05 bits per heavy atom. The zero-order valence-electron chi connectivity index (χ0n) is 24.3. The SMILES string of the molecule is C[C@H]1CN(CCC2CCC(NC(=O)CC3CCC(O)CC3)CC2)CCN1c1cc(C(F)F)nc(C(C)(C)C)n1. The van der Waals surface area contributed by atoms with E-state index >= 15 is 0 Å². The van der Waals surface area contributed by atoms with E-state index in [1.807, 2.05) is 20.8 Å². The van der Waals surface area contributed by atoms with Gasteiger partial charge < -0.3 is 15.3 Å². The van der Waals surface area contributed by atoms with Crippen LogP contribution in [0, 0.1) is 11.8 Å². The number of halogens is 2. The van der Waals surface area contributed by atoms with Crippen LogP contribution in [0.4, 0.5) is 14.6 Å². The molecule has 7 nitrogen and oxygen atoms in total. The van der Waals surface area contributed by atoms with E-state index in [1.54, 1.807) is 0 Å². The predicted octanol–water partition coefficient (Wildman–Crippen LogP) is 5.23. The molecule has 1 amide bonds. The highest BCUT2D eigenvalue weighted by Gasteiger charge is 2.30. The van der Waals surface area contributed by atoms with Crippen LogP contribution >= 0.6 is 0 Å². The summed E-state index contributed by atoms with van der Waals surface area (Å²) in [5.41, 5.74) is -0.591. The summed E-state index contributed by atoms with van der Waals surface area (Å²) in [6, 6.07) is 1.95. The summed E-state index contributed by atoms with van der Waals surface area (Å²) in [7, 11) is 0. The molecule has 0 unspecified atom stereocenters. The molecule has 0 aromatic carbocycles. The lowest BCUT2D eigenvalue weighted by Crippen LogP contribution is -2.52. The van der Waals surface area contributed by atoms with Gasteiger partial charge in [-0.15, -0.1) is 0 Å². The van der Waals surface area contributed by atoms with Crippen LogP contribution in [0.5, 0.6) is 0 Å². The number of nitrogens with one attached hydrogen (secondary N) is 1. The van der Waals surface area contributed by atoms with Crippen LogP contribution in [-0.4, -0.2) is 70.2 Å². The molecule has 2 aliphatic carbocycles. The Morgan fingerprint density at radius 2 is 1.72 bits per heavy atom. The van der Waals surface area contributed by atoms with Crippen LogP contribution in [-0.2, 0) is 10.2 Å². The van der Waals surface area contributed by atoms with Crippen molar-refractivity contribution in [2.45, 2.75) is 122 Å². The maximum Gasteiger partial charge on any atom is 0.280 e. The molecule has 1 aliphatic heterocycles. The monoisotopic (exact) mass is 549 g/mol. The molecule has 1 atom stereocenters. The quantitative estimate of drug-likeness (QED) is 0.462. The van der Waals surface area contributed by atoms with Crippen molar-refractivity contribution in [1.29, 1.82) is 0 Å². The van der Waals surface area contributed by atoms with Crippen LogP contribution in [0.2, 0.25) is 0 Å². The second-order valence-electron chi connectivity index (χ2n) is 13.3. The molecule has 4 rings (SSSR count). The third-order valence-electron chi connectivity index (χ3n) is 8.99. The number of carbonyl (C=O) groups is 1. The van der Waals surface area contributed by atoms with Crippen molar-refractivity contribution < 1.29 is 18.7 Å². The zero-order chi connectivity index (χ0) is 28.2. The second kappa shape index (κ2) is 13.2. The fourth-order valence-corrected chi connectivity index (χ4v) is 6.48. The topological polar surface area (TPSA) is 81.6 Å². The van der Waals surface area contributed by atoms with Gasteiger partial charge in [0.15, 0.2) is 0 Å². The lowest BCUT2D eigenvalue weighted by Gasteiger charge is -2.41. The van der Waals surface area contributed by atoms with Crippen LogP contribution in [0.1, 0.15) is 110 Å². The minimum atomic E-state index is -2.61. The molecule has 2 saturated carbocycles. The summed E-state index contributed by atoms with van der Waals surface area (Å²) >= 11 is 0. The van der Waals surface area contributed by atoms with Crippen molar-refractivity contribution in [3.8, 4) is 0 Å². The lowest BCUT2D eigenvalue weighted by molar-refractivity contribution is -0.123. The standard InChI is InChI=1S/C30H49F2N5O2/c1-20-19-36(15-16-37(20)26-18-25(28(31)32)34-29(35-26)30(2,3)4)14-13-21-5-9-23(10-6-21)33-27(39)17-22-7-11-24(38)12-8-22/h18,20-24,28,38H,5-17,19H2,1-4H3,(H,33,39)/t20-,21?,22?,23?,24?/m0/s1. The van der Waals surface area contributed by atoms with Gasteiger partial charge in [0.05, 0.1) is 6.10 Å². The number of amides is 1. The number of aromatic nitrogens is 2. The number of rotatable bonds is 8. The maximum atomic E-state index is 13.6. The minimum Gasteiger partial charge on any atom is -0.393 e. The summed E-state index contributed by atoms with van der Waals surface area (Å²) in [4.78, 5) is 26.0. The molecule has 9 heteroatoms. The molecule has 1 aromatic rings. The van der Waals surface area contributed by atoms with Crippen molar-refractivity contribution in [2.75, 3.05) is 31.1 Å². The summed E-state index contributed by atoms with van der Waals surface area (Å²) in [6.07, 6.45) is 6.98. The van der Waals surface area contributed by atoms with Gasteiger partial charge in [-0.05, 0) is 83.1 Å². The Morgan fingerprint density at radius 3 is 2.33 bits per heavy atom. The molecular formula is C30H49F2N5O2. The predicted molar refractivity (Wildman–Crippen MR) is 150 cm³/mol. The van der Waals surface area contributed by atoms with E-state index in [2.05, 4.69) is 27.0 Å². The van der Waals surface area contributed by atoms with Gasteiger partial charge in [-0.3, -0.25) is 9.69 Å². The Kier molecular flexibility index (Phi) is 10.2. The Labute approximate surface area is 233 Å². The third kappa shape index (κ3) is 8.56. The number of alkyl halides is 2. The van der Waals surface area contributed by atoms with Crippen molar-refractivity contribution >= 4 is 11.7 Å². The number of carbonyl (C=O) groups excluding carboxylic acids is 1. The summed E-state index contributed by atoms with van der Waals surface area (Å²) in [5.74, 6) is 2.38. The van der Waals surface area contributed by atoms with E-state index in [4.69, 9.17) is 4.98 Å². The first-order valence-electron chi connectivity index (χ1n) is 15.1. The first kappa shape index (κ1) is 30.1. The maximum absolute atomic E-state index is 13.6. The highest BCUT2D eigenvalue weighted by molar-refractivity contribution is 5.76.